The van der Waals surface area contributed by atoms with E-state index in [2.05, 4.69) is 79.9 Å². The molecule has 4 N–H and O–H groups in total. The normalized spacial score (nSPS) is 14.1. The van der Waals surface area contributed by atoms with E-state index in [4.69, 9.17) is 13.8 Å². The Kier molecular flexibility index (Phi) is 42.7. The van der Waals surface area contributed by atoms with Crippen LogP contribution in [-0.4, -0.2) is 64.9 Å². The number of ether oxygens (including phenoxy) is 1. The van der Waals surface area contributed by atoms with Crippen LogP contribution in [0.25, 0.3) is 0 Å². The Labute approximate surface area is 376 Å². The van der Waals surface area contributed by atoms with Crippen LogP contribution in [0.2, 0.25) is 0 Å². The fourth-order valence-corrected chi connectivity index (χ4v) is 7.24. The number of allylic oxidation sites excluding steroid dienone is 10. The summed E-state index contributed by atoms with van der Waals surface area (Å²) >= 11 is 0. The number of phosphoric acid groups is 1. The van der Waals surface area contributed by atoms with Gasteiger partial charge in [0.25, 0.3) is 0 Å². The van der Waals surface area contributed by atoms with Crippen LogP contribution in [0.4, 0.5) is 0 Å². The predicted octanol–water partition coefficient (Wildman–Crippen LogP) is 13.1. The third kappa shape index (κ3) is 43.8. The summed E-state index contributed by atoms with van der Waals surface area (Å²) in [5.74, 6) is -2.39. The zero-order valence-electron chi connectivity index (χ0n) is 38.9. The summed E-state index contributed by atoms with van der Waals surface area (Å²) in [6.07, 6.45) is 52.3. The van der Waals surface area contributed by atoms with Crippen molar-refractivity contribution >= 4 is 25.7 Å². The third-order valence-corrected chi connectivity index (χ3v) is 11.2. The minimum absolute atomic E-state index is 0.138. The molecule has 0 heterocycles. The van der Waals surface area contributed by atoms with Gasteiger partial charge >= 0.3 is 19.8 Å². The standard InChI is InChI=1S/C50H88NO10P/c1-3-5-7-9-11-13-15-17-19-20-21-22-23-24-25-26-28-29-31-33-35-37-39-41-48(53)51-47(50(55)56)45-61-62(57,58)60-44-46(52)43-59-49(54)42-40-38-36-34-32-30-27-18-16-14-12-10-8-6-4-2/h11-14,17-19,21-22,27,46-47,52H,3-10,15-16,20,23-26,28-45H2,1-2H3,(H,51,53)(H,55,56)(H,57,58)/b13-11-,14-12-,19-17-,22-21-,27-18-. The number of amides is 1. The maximum Gasteiger partial charge on any atom is 0.472 e. The summed E-state index contributed by atoms with van der Waals surface area (Å²) in [4.78, 5) is 46.0. The van der Waals surface area contributed by atoms with E-state index in [1.54, 1.807) is 0 Å². The van der Waals surface area contributed by atoms with Crippen molar-refractivity contribution in [3.05, 3.63) is 60.8 Å². The minimum atomic E-state index is -4.77. The molecule has 0 aliphatic heterocycles. The van der Waals surface area contributed by atoms with E-state index in [1.165, 1.54) is 77.0 Å². The van der Waals surface area contributed by atoms with E-state index < -0.39 is 57.6 Å². The Morgan fingerprint density at radius 3 is 1.32 bits per heavy atom. The first-order chi connectivity index (χ1) is 30.1. The van der Waals surface area contributed by atoms with E-state index in [0.29, 0.717) is 12.8 Å². The van der Waals surface area contributed by atoms with Crippen LogP contribution < -0.4 is 5.32 Å². The lowest BCUT2D eigenvalue weighted by molar-refractivity contribution is -0.147. The molecule has 0 saturated carbocycles. The molecule has 0 aliphatic carbocycles. The van der Waals surface area contributed by atoms with Crippen molar-refractivity contribution in [3.63, 3.8) is 0 Å². The first-order valence-electron chi connectivity index (χ1n) is 24.3. The molecule has 0 fully saturated rings. The monoisotopic (exact) mass is 894 g/mol. The first-order valence-corrected chi connectivity index (χ1v) is 25.8. The van der Waals surface area contributed by atoms with Gasteiger partial charge in [0, 0.05) is 12.8 Å². The summed E-state index contributed by atoms with van der Waals surface area (Å²) < 4.78 is 26.9. The highest BCUT2D eigenvalue weighted by atomic mass is 31.2. The van der Waals surface area contributed by atoms with Crippen molar-refractivity contribution in [2.75, 3.05) is 19.8 Å². The number of esters is 1. The van der Waals surface area contributed by atoms with E-state index in [-0.39, 0.29) is 12.8 Å². The van der Waals surface area contributed by atoms with Crippen molar-refractivity contribution in [3.8, 4) is 0 Å². The summed E-state index contributed by atoms with van der Waals surface area (Å²) in [7, 11) is -4.77. The summed E-state index contributed by atoms with van der Waals surface area (Å²) in [6.45, 7) is 2.53. The van der Waals surface area contributed by atoms with Gasteiger partial charge in [-0.15, -0.1) is 0 Å². The Balaban J connectivity index is 3.88. The van der Waals surface area contributed by atoms with Crippen LogP contribution in [-0.2, 0) is 32.7 Å². The number of hydrogen-bond donors (Lipinski definition) is 4. The van der Waals surface area contributed by atoms with Crippen LogP contribution in [0.1, 0.15) is 206 Å². The lowest BCUT2D eigenvalue weighted by atomic mass is 10.0. The van der Waals surface area contributed by atoms with Gasteiger partial charge in [-0.1, -0.05) is 171 Å². The average molecular weight is 894 g/mol. The SMILES string of the molecule is CCCCC/C=C\C/C=C\C/C=C\CCCCCCCCCCCCC(=O)NC(COP(=O)(O)OCC(O)COC(=O)CCCCCCC/C=C\C/C=C\CCCCC)C(=O)O. The number of carbonyl (C=O) groups excluding carboxylic acids is 2. The Hall–Kier alpha value is -2.82. The van der Waals surface area contributed by atoms with Gasteiger partial charge in [-0.2, -0.15) is 0 Å². The second-order valence-corrected chi connectivity index (χ2v) is 17.7. The second-order valence-electron chi connectivity index (χ2n) is 16.3. The lowest BCUT2D eigenvalue weighted by Crippen LogP contribution is -2.43. The highest BCUT2D eigenvalue weighted by molar-refractivity contribution is 7.47. The third-order valence-electron chi connectivity index (χ3n) is 10.3. The Morgan fingerprint density at radius 2 is 0.887 bits per heavy atom. The number of unbranched alkanes of at least 4 members (excludes halogenated alkanes) is 21. The van der Waals surface area contributed by atoms with Crippen molar-refractivity contribution in [2.45, 2.75) is 219 Å². The fourth-order valence-electron chi connectivity index (χ4n) is 6.47. The first kappa shape index (κ1) is 59.2. The van der Waals surface area contributed by atoms with Gasteiger partial charge < -0.3 is 25.2 Å². The van der Waals surface area contributed by atoms with Crippen molar-refractivity contribution < 1.29 is 47.8 Å². The number of carbonyl (C=O) groups is 3. The number of nitrogens with one attached hydrogen (secondary N) is 1. The molecule has 0 aromatic rings. The summed E-state index contributed by atoms with van der Waals surface area (Å²) in [5, 5.41) is 21.9. The van der Waals surface area contributed by atoms with Crippen molar-refractivity contribution in [1.29, 1.82) is 0 Å². The van der Waals surface area contributed by atoms with Gasteiger partial charge in [0.15, 0.2) is 6.04 Å². The van der Waals surface area contributed by atoms with Gasteiger partial charge in [0.05, 0.1) is 13.2 Å². The number of aliphatic hydroxyl groups excluding tert-OH is 1. The maximum absolute atomic E-state index is 12.4. The second kappa shape index (κ2) is 44.8. The lowest BCUT2D eigenvalue weighted by Gasteiger charge is -2.18. The molecule has 0 spiro atoms. The highest BCUT2D eigenvalue weighted by Crippen LogP contribution is 2.43. The van der Waals surface area contributed by atoms with Crippen LogP contribution in [0.3, 0.4) is 0 Å². The summed E-state index contributed by atoms with van der Waals surface area (Å²) in [5.41, 5.74) is 0. The molecule has 12 heteroatoms. The van der Waals surface area contributed by atoms with Crippen LogP contribution in [0.15, 0.2) is 60.8 Å². The van der Waals surface area contributed by atoms with Gasteiger partial charge in [-0.05, 0) is 83.5 Å². The zero-order valence-corrected chi connectivity index (χ0v) is 39.8. The number of hydrogen-bond acceptors (Lipinski definition) is 8. The highest BCUT2D eigenvalue weighted by Gasteiger charge is 2.28. The molecule has 0 bridgehead atoms. The molecule has 1 amide bonds. The number of phosphoric ester groups is 1. The molecule has 358 valence electrons. The summed E-state index contributed by atoms with van der Waals surface area (Å²) in [6, 6.07) is -1.55. The molecule has 11 nitrogen and oxygen atoms in total. The van der Waals surface area contributed by atoms with E-state index in [1.807, 2.05) is 0 Å². The fraction of sp³-hybridized carbons (Fsp3) is 0.740. The van der Waals surface area contributed by atoms with E-state index >= 15 is 0 Å². The average Bonchev–Trinajstić information content (AvgIpc) is 3.25. The van der Waals surface area contributed by atoms with Crippen LogP contribution in [0, 0.1) is 0 Å². The largest absolute Gasteiger partial charge is 0.480 e. The molecule has 0 saturated heterocycles. The topological polar surface area (TPSA) is 169 Å². The molecule has 3 atom stereocenters. The maximum atomic E-state index is 12.4. The zero-order chi connectivity index (χ0) is 45.6. The smallest absolute Gasteiger partial charge is 0.472 e. The van der Waals surface area contributed by atoms with Crippen molar-refractivity contribution in [1.82, 2.24) is 5.32 Å². The van der Waals surface area contributed by atoms with Crippen LogP contribution >= 0.6 is 7.82 Å². The molecule has 0 radical (unpaired) electrons. The minimum Gasteiger partial charge on any atom is -0.480 e. The van der Waals surface area contributed by atoms with Crippen LogP contribution in [0.5, 0.6) is 0 Å². The van der Waals surface area contributed by atoms with E-state index in [9.17, 15) is 34.1 Å². The molecule has 0 aromatic heterocycles. The number of aliphatic carboxylic acids is 1. The van der Waals surface area contributed by atoms with Gasteiger partial charge in [0.1, 0.15) is 12.7 Å². The van der Waals surface area contributed by atoms with Gasteiger partial charge in [-0.25, -0.2) is 9.36 Å². The van der Waals surface area contributed by atoms with Gasteiger partial charge in [-0.3, -0.25) is 18.6 Å². The molecule has 0 aromatic carbocycles. The number of aliphatic hydroxyl groups is 1. The predicted molar refractivity (Wildman–Crippen MR) is 254 cm³/mol. The Bertz CT molecular complexity index is 1280. The molecule has 62 heavy (non-hydrogen) atoms. The molecular weight excluding hydrogens is 806 g/mol. The quantitative estimate of drug-likeness (QED) is 0.0200. The molecular formula is C50H88NO10P. The number of rotatable bonds is 45. The van der Waals surface area contributed by atoms with Crippen molar-refractivity contribution in [2.24, 2.45) is 0 Å². The molecule has 0 rings (SSSR count). The molecule has 0 aliphatic rings. The Morgan fingerprint density at radius 1 is 0.516 bits per heavy atom. The molecule has 3 unspecified atom stereocenters. The number of carboxylic acids is 1. The number of carboxylic acid groups (broad SMARTS) is 1. The van der Waals surface area contributed by atoms with Gasteiger partial charge in [0.2, 0.25) is 5.91 Å². The van der Waals surface area contributed by atoms with E-state index in [0.717, 1.165) is 89.9 Å².